The summed E-state index contributed by atoms with van der Waals surface area (Å²) in [4.78, 5) is 0. The first-order valence-corrected chi connectivity index (χ1v) is 3.96. The lowest BCUT2D eigenvalue weighted by Crippen LogP contribution is -2.26. The third-order valence-corrected chi connectivity index (χ3v) is 2.11. The summed E-state index contributed by atoms with van der Waals surface area (Å²) in [5.41, 5.74) is 0. The van der Waals surface area contributed by atoms with Gasteiger partial charge >= 0.3 is 6.43 Å². The van der Waals surface area contributed by atoms with Gasteiger partial charge in [0.25, 0.3) is 5.89 Å². The second-order valence-electron chi connectivity index (χ2n) is 3.10. The summed E-state index contributed by atoms with van der Waals surface area (Å²) >= 11 is 0. The van der Waals surface area contributed by atoms with E-state index in [0.717, 1.165) is 0 Å². The number of alkyl halides is 2. The Labute approximate surface area is 72.6 Å². The maximum Gasteiger partial charge on any atom is 0.314 e. The number of hydrogen-bond donors (Lipinski definition) is 1. The fraction of sp³-hybridized carbons (Fsp3) is 0.714. The van der Waals surface area contributed by atoms with Crippen LogP contribution in [0, 0.1) is 0 Å². The van der Waals surface area contributed by atoms with Crippen molar-refractivity contribution in [2.45, 2.75) is 31.3 Å². The summed E-state index contributed by atoms with van der Waals surface area (Å²) < 4.78 is 28.7. The average Bonchev–Trinajstić information content (AvgIpc) is 2.46. The van der Waals surface area contributed by atoms with E-state index in [0.29, 0.717) is 12.8 Å². The van der Waals surface area contributed by atoms with E-state index in [1.165, 1.54) is 0 Å². The van der Waals surface area contributed by atoms with Crippen LogP contribution in [0.3, 0.4) is 0 Å². The molecule has 0 aromatic carbocycles. The average molecular weight is 190 g/mol. The highest BCUT2D eigenvalue weighted by molar-refractivity contribution is 5.00. The molecule has 0 atom stereocenters. The van der Waals surface area contributed by atoms with Gasteiger partial charge in [-0.05, 0) is 12.8 Å². The Kier molecular flexibility index (Phi) is 1.99. The molecule has 6 heteroatoms. The number of aliphatic hydroxyl groups excluding tert-OH is 1. The first-order valence-electron chi connectivity index (χ1n) is 3.96. The third-order valence-electron chi connectivity index (χ3n) is 2.11. The molecule has 13 heavy (non-hydrogen) atoms. The second-order valence-corrected chi connectivity index (χ2v) is 3.10. The summed E-state index contributed by atoms with van der Waals surface area (Å²) in [5.74, 6) is -0.480. The normalized spacial score (nSPS) is 27.7. The van der Waals surface area contributed by atoms with Crippen molar-refractivity contribution in [3.05, 3.63) is 11.8 Å². The van der Waals surface area contributed by atoms with E-state index in [2.05, 4.69) is 10.2 Å². The van der Waals surface area contributed by atoms with Crippen molar-refractivity contribution < 1.29 is 18.3 Å². The first kappa shape index (κ1) is 8.55. The van der Waals surface area contributed by atoms with Crippen LogP contribution >= 0.6 is 0 Å². The number of halogens is 2. The number of aromatic nitrogens is 2. The smallest absolute Gasteiger partial charge is 0.314 e. The molecule has 1 saturated carbocycles. The molecule has 0 unspecified atom stereocenters. The summed E-state index contributed by atoms with van der Waals surface area (Å²) in [6.45, 7) is 0. The maximum atomic E-state index is 12.0. The standard InChI is InChI=1S/C7H8F2N2O2/c8-5(9)7-11-10-6(13-7)3-1-4(12)2-3/h3-5,12H,1-2H2. The molecule has 0 aliphatic heterocycles. The van der Waals surface area contributed by atoms with Crippen LogP contribution in [0.25, 0.3) is 0 Å². The molecule has 1 N–H and O–H groups in total. The molecule has 2 rings (SSSR count). The van der Waals surface area contributed by atoms with Gasteiger partial charge in [-0.1, -0.05) is 0 Å². The van der Waals surface area contributed by atoms with Gasteiger partial charge in [0.2, 0.25) is 5.89 Å². The zero-order valence-electron chi connectivity index (χ0n) is 6.65. The molecule has 1 fully saturated rings. The Balaban J connectivity index is 2.06. The van der Waals surface area contributed by atoms with Crippen molar-refractivity contribution in [2.24, 2.45) is 0 Å². The highest BCUT2D eigenvalue weighted by atomic mass is 19.3. The van der Waals surface area contributed by atoms with Crippen LogP contribution < -0.4 is 0 Å². The summed E-state index contributed by atoms with van der Waals surface area (Å²) in [5, 5.41) is 15.6. The topological polar surface area (TPSA) is 59.2 Å². The Morgan fingerprint density at radius 2 is 2.08 bits per heavy atom. The monoisotopic (exact) mass is 190 g/mol. The van der Waals surface area contributed by atoms with Gasteiger partial charge < -0.3 is 9.52 Å². The minimum absolute atomic E-state index is 0.0463. The number of rotatable bonds is 2. The minimum atomic E-state index is -2.72. The van der Waals surface area contributed by atoms with Gasteiger partial charge in [0.1, 0.15) is 0 Å². The molecule has 1 aromatic heterocycles. The minimum Gasteiger partial charge on any atom is -0.419 e. The molecule has 0 spiro atoms. The molecule has 1 heterocycles. The van der Waals surface area contributed by atoms with Gasteiger partial charge in [0.15, 0.2) is 0 Å². The van der Waals surface area contributed by atoms with E-state index in [-0.39, 0.29) is 17.9 Å². The van der Waals surface area contributed by atoms with Crippen LogP contribution in [0.5, 0.6) is 0 Å². The van der Waals surface area contributed by atoms with Crippen LogP contribution in [0.4, 0.5) is 8.78 Å². The Morgan fingerprint density at radius 3 is 2.54 bits per heavy atom. The third kappa shape index (κ3) is 1.53. The maximum absolute atomic E-state index is 12.0. The highest BCUT2D eigenvalue weighted by Gasteiger charge is 2.33. The van der Waals surface area contributed by atoms with Crippen molar-refractivity contribution >= 4 is 0 Å². The van der Waals surface area contributed by atoms with Crippen molar-refractivity contribution in [1.82, 2.24) is 10.2 Å². The Bertz CT molecular complexity index is 296. The van der Waals surface area contributed by atoms with Crippen LogP contribution in [0.2, 0.25) is 0 Å². The number of aliphatic hydroxyl groups is 1. The molecule has 72 valence electrons. The van der Waals surface area contributed by atoms with Gasteiger partial charge in [-0.15, -0.1) is 10.2 Å². The lowest BCUT2D eigenvalue weighted by atomic mass is 9.82. The quantitative estimate of drug-likeness (QED) is 0.762. The van der Waals surface area contributed by atoms with E-state index in [9.17, 15) is 8.78 Å². The molecule has 1 aliphatic carbocycles. The van der Waals surface area contributed by atoms with Crippen molar-refractivity contribution in [3.63, 3.8) is 0 Å². The van der Waals surface area contributed by atoms with Gasteiger partial charge in [-0.2, -0.15) is 8.78 Å². The molecule has 1 aliphatic rings. The van der Waals surface area contributed by atoms with Crippen LogP contribution in [-0.2, 0) is 0 Å². The first-order chi connectivity index (χ1) is 6.16. The lowest BCUT2D eigenvalue weighted by Gasteiger charge is -2.27. The highest BCUT2D eigenvalue weighted by Crippen LogP contribution is 2.36. The van der Waals surface area contributed by atoms with Crippen LogP contribution in [-0.4, -0.2) is 21.4 Å². The van der Waals surface area contributed by atoms with Gasteiger partial charge in [-0.25, -0.2) is 0 Å². The molecule has 1 aromatic rings. The van der Waals surface area contributed by atoms with Crippen molar-refractivity contribution in [2.75, 3.05) is 0 Å². The van der Waals surface area contributed by atoms with E-state index in [4.69, 9.17) is 9.52 Å². The largest absolute Gasteiger partial charge is 0.419 e. The molecular formula is C7H8F2N2O2. The summed E-state index contributed by atoms with van der Waals surface area (Å²) in [6, 6.07) is 0. The predicted molar refractivity (Wildman–Crippen MR) is 37.2 cm³/mol. The van der Waals surface area contributed by atoms with E-state index < -0.39 is 12.3 Å². The van der Waals surface area contributed by atoms with Crippen LogP contribution in [0.15, 0.2) is 4.42 Å². The van der Waals surface area contributed by atoms with E-state index in [1.807, 2.05) is 0 Å². The fourth-order valence-electron chi connectivity index (χ4n) is 1.29. The summed E-state index contributed by atoms with van der Waals surface area (Å²) in [6.07, 6.45) is -2.03. The van der Waals surface area contributed by atoms with E-state index in [1.54, 1.807) is 0 Å². The number of hydrogen-bond acceptors (Lipinski definition) is 4. The number of nitrogens with zero attached hydrogens (tertiary/aromatic N) is 2. The molecule has 0 bridgehead atoms. The lowest BCUT2D eigenvalue weighted by molar-refractivity contribution is 0.0605. The SMILES string of the molecule is OC1CC(c2nnc(C(F)F)o2)C1. The van der Waals surface area contributed by atoms with Crippen molar-refractivity contribution in [1.29, 1.82) is 0 Å². The Morgan fingerprint density at radius 1 is 1.38 bits per heavy atom. The van der Waals surface area contributed by atoms with Gasteiger partial charge in [0.05, 0.1) is 6.10 Å². The predicted octanol–water partition coefficient (Wildman–Crippen LogP) is 1.25. The second kappa shape index (κ2) is 3.02. The molecule has 0 amide bonds. The van der Waals surface area contributed by atoms with E-state index >= 15 is 0 Å². The molecule has 4 nitrogen and oxygen atoms in total. The van der Waals surface area contributed by atoms with Gasteiger partial charge in [-0.3, -0.25) is 0 Å². The Hall–Kier alpha value is -1.04. The molecule has 0 radical (unpaired) electrons. The zero-order valence-corrected chi connectivity index (χ0v) is 6.65. The van der Waals surface area contributed by atoms with Crippen molar-refractivity contribution in [3.8, 4) is 0 Å². The van der Waals surface area contributed by atoms with Gasteiger partial charge in [0, 0.05) is 5.92 Å². The van der Waals surface area contributed by atoms with Crippen LogP contribution in [0.1, 0.15) is 37.0 Å². The zero-order chi connectivity index (χ0) is 9.42. The molecule has 0 saturated heterocycles. The fourth-order valence-corrected chi connectivity index (χ4v) is 1.29. The molecular weight excluding hydrogens is 182 g/mol. The summed E-state index contributed by atoms with van der Waals surface area (Å²) in [7, 11) is 0.